The predicted octanol–water partition coefficient (Wildman–Crippen LogP) is 2.76. The van der Waals surface area contributed by atoms with Crippen LogP contribution in [0.3, 0.4) is 0 Å². The summed E-state index contributed by atoms with van der Waals surface area (Å²) in [6, 6.07) is 12.5. The van der Waals surface area contributed by atoms with Crippen LogP contribution >= 0.6 is 0 Å². The number of ether oxygens (including phenoxy) is 2. The van der Waals surface area contributed by atoms with E-state index in [2.05, 4.69) is 5.32 Å². The average molecular weight is 337 g/mol. The van der Waals surface area contributed by atoms with Crippen LogP contribution in [0, 0.1) is 6.92 Å². The van der Waals surface area contributed by atoms with E-state index in [1.54, 1.807) is 24.3 Å². The zero-order chi connectivity index (χ0) is 17.4. The number of hydrogen-bond donors (Lipinski definition) is 1. The molecule has 2 heterocycles. The Morgan fingerprint density at radius 3 is 2.84 bits per heavy atom. The molecule has 1 amide bonds. The van der Waals surface area contributed by atoms with Gasteiger partial charge in [-0.3, -0.25) is 4.79 Å². The van der Waals surface area contributed by atoms with E-state index < -0.39 is 11.5 Å². The third-order valence-electron chi connectivity index (χ3n) is 4.09. The summed E-state index contributed by atoms with van der Waals surface area (Å²) in [5.41, 5.74) is 1.53. The fourth-order valence-corrected chi connectivity index (χ4v) is 2.78. The largest absolute Gasteiger partial charge is 0.454 e. The van der Waals surface area contributed by atoms with Gasteiger partial charge < -0.3 is 19.2 Å². The second-order valence-electron chi connectivity index (χ2n) is 5.81. The molecular weight excluding hydrogens is 322 g/mol. The summed E-state index contributed by atoms with van der Waals surface area (Å²) in [6.45, 7) is 2.31. The zero-order valence-electron chi connectivity index (χ0n) is 13.5. The molecule has 0 saturated carbocycles. The minimum absolute atomic E-state index is 0.0150. The fourth-order valence-electron chi connectivity index (χ4n) is 2.78. The lowest BCUT2D eigenvalue weighted by Gasteiger charge is -2.07. The van der Waals surface area contributed by atoms with Crippen molar-refractivity contribution in [3.05, 3.63) is 69.6 Å². The molecular formula is C19H15NO5. The molecule has 0 aliphatic carbocycles. The molecule has 1 aromatic heterocycles. The lowest BCUT2D eigenvalue weighted by atomic mass is 10.1. The van der Waals surface area contributed by atoms with Gasteiger partial charge in [-0.05, 0) is 36.2 Å². The Labute approximate surface area is 143 Å². The van der Waals surface area contributed by atoms with Crippen molar-refractivity contribution in [1.82, 2.24) is 5.32 Å². The van der Waals surface area contributed by atoms with Crippen LogP contribution in [0.15, 0.2) is 51.7 Å². The molecule has 0 bridgehead atoms. The third-order valence-corrected chi connectivity index (χ3v) is 4.09. The highest BCUT2D eigenvalue weighted by atomic mass is 16.7. The molecule has 1 N–H and O–H groups in total. The topological polar surface area (TPSA) is 77.8 Å². The van der Waals surface area contributed by atoms with Gasteiger partial charge in [0.2, 0.25) is 6.79 Å². The molecule has 6 nitrogen and oxygen atoms in total. The van der Waals surface area contributed by atoms with Crippen LogP contribution in [0.1, 0.15) is 21.5 Å². The Bertz CT molecular complexity index is 1040. The first kappa shape index (κ1) is 15.3. The first-order valence-corrected chi connectivity index (χ1v) is 7.82. The monoisotopic (exact) mass is 337 g/mol. The van der Waals surface area contributed by atoms with Crippen LogP contribution in [0.5, 0.6) is 11.5 Å². The van der Waals surface area contributed by atoms with E-state index in [4.69, 9.17) is 13.9 Å². The number of fused-ring (bicyclic) bond motifs is 2. The van der Waals surface area contributed by atoms with E-state index >= 15 is 0 Å². The maximum atomic E-state index is 12.4. The van der Waals surface area contributed by atoms with Crippen LogP contribution in [-0.2, 0) is 6.54 Å². The van der Waals surface area contributed by atoms with Gasteiger partial charge in [0.25, 0.3) is 5.91 Å². The number of rotatable bonds is 3. The van der Waals surface area contributed by atoms with Gasteiger partial charge >= 0.3 is 5.63 Å². The van der Waals surface area contributed by atoms with E-state index in [9.17, 15) is 9.59 Å². The molecule has 6 heteroatoms. The lowest BCUT2D eigenvalue weighted by molar-refractivity contribution is 0.0947. The summed E-state index contributed by atoms with van der Waals surface area (Å²) in [5, 5.41) is 3.45. The summed E-state index contributed by atoms with van der Waals surface area (Å²) < 4.78 is 15.9. The minimum atomic E-state index is -0.648. The zero-order valence-corrected chi connectivity index (χ0v) is 13.5. The van der Waals surface area contributed by atoms with Gasteiger partial charge in [0, 0.05) is 11.9 Å². The minimum Gasteiger partial charge on any atom is -0.454 e. The molecule has 0 atom stereocenters. The van der Waals surface area contributed by atoms with Gasteiger partial charge in [0.1, 0.15) is 11.1 Å². The SMILES string of the molecule is Cc1cccc2cc(C(=O)NCc3ccc4c(c3)OCO4)c(=O)oc12. The van der Waals surface area contributed by atoms with Crippen molar-refractivity contribution in [2.75, 3.05) is 6.79 Å². The number of aryl methyl sites for hydroxylation is 1. The van der Waals surface area contributed by atoms with E-state index in [0.717, 1.165) is 11.1 Å². The van der Waals surface area contributed by atoms with Crippen molar-refractivity contribution >= 4 is 16.9 Å². The maximum Gasteiger partial charge on any atom is 0.349 e. The van der Waals surface area contributed by atoms with Gasteiger partial charge in [0.15, 0.2) is 11.5 Å². The Morgan fingerprint density at radius 2 is 1.96 bits per heavy atom. The molecule has 126 valence electrons. The summed E-state index contributed by atoms with van der Waals surface area (Å²) >= 11 is 0. The number of benzene rings is 2. The molecule has 1 aliphatic rings. The fraction of sp³-hybridized carbons (Fsp3) is 0.158. The number of nitrogens with one attached hydrogen (secondary N) is 1. The molecule has 2 aromatic carbocycles. The van der Waals surface area contributed by atoms with Gasteiger partial charge in [0.05, 0.1) is 0 Å². The molecule has 0 spiro atoms. The van der Waals surface area contributed by atoms with Crippen molar-refractivity contribution in [3.8, 4) is 11.5 Å². The van der Waals surface area contributed by atoms with Crippen molar-refractivity contribution < 1.29 is 18.7 Å². The second kappa shape index (κ2) is 5.98. The number of carbonyl (C=O) groups excluding carboxylic acids is 1. The van der Waals surface area contributed by atoms with Crippen LogP contribution in [0.4, 0.5) is 0 Å². The van der Waals surface area contributed by atoms with Crippen LogP contribution in [0.25, 0.3) is 11.0 Å². The Hall–Kier alpha value is -3.28. The average Bonchev–Trinajstić information content (AvgIpc) is 3.08. The summed E-state index contributed by atoms with van der Waals surface area (Å²) in [6.07, 6.45) is 0. The van der Waals surface area contributed by atoms with E-state index in [1.165, 1.54) is 0 Å². The summed E-state index contributed by atoms with van der Waals surface area (Å²) in [5.74, 6) is 0.850. The summed E-state index contributed by atoms with van der Waals surface area (Å²) in [4.78, 5) is 24.5. The second-order valence-corrected chi connectivity index (χ2v) is 5.81. The van der Waals surface area contributed by atoms with E-state index in [-0.39, 0.29) is 18.9 Å². The van der Waals surface area contributed by atoms with Crippen LogP contribution in [-0.4, -0.2) is 12.7 Å². The maximum absolute atomic E-state index is 12.4. The Kier molecular flexibility index (Phi) is 3.65. The number of hydrogen-bond acceptors (Lipinski definition) is 5. The molecule has 0 radical (unpaired) electrons. The van der Waals surface area contributed by atoms with Crippen LogP contribution in [0.2, 0.25) is 0 Å². The summed E-state index contributed by atoms with van der Waals surface area (Å²) in [7, 11) is 0. The standard InChI is InChI=1S/C19H15NO5/c1-11-3-2-4-13-8-14(19(22)25-17(11)13)18(21)20-9-12-5-6-15-16(7-12)24-10-23-15/h2-8H,9-10H2,1H3,(H,20,21). The molecule has 0 saturated heterocycles. The highest BCUT2D eigenvalue weighted by Crippen LogP contribution is 2.32. The number of carbonyl (C=O) groups is 1. The van der Waals surface area contributed by atoms with Crippen molar-refractivity contribution in [2.45, 2.75) is 13.5 Å². The van der Waals surface area contributed by atoms with E-state index in [1.807, 2.05) is 25.1 Å². The quantitative estimate of drug-likeness (QED) is 0.744. The Morgan fingerprint density at radius 1 is 1.12 bits per heavy atom. The molecule has 0 fully saturated rings. The first-order valence-electron chi connectivity index (χ1n) is 7.82. The number of para-hydroxylation sites is 1. The van der Waals surface area contributed by atoms with Gasteiger partial charge in [-0.15, -0.1) is 0 Å². The lowest BCUT2D eigenvalue weighted by Crippen LogP contribution is -2.27. The highest BCUT2D eigenvalue weighted by molar-refractivity contribution is 5.96. The first-order chi connectivity index (χ1) is 12.1. The van der Waals surface area contributed by atoms with Crippen molar-refractivity contribution in [3.63, 3.8) is 0 Å². The molecule has 25 heavy (non-hydrogen) atoms. The predicted molar refractivity (Wildman–Crippen MR) is 91.0 cm³/mol. The van der Waals surface area contributed by atoms with Gasteiger partial charge in [-0.1, -0.05) is 24.3 Å². The molecule has 1 aliphatic heterocycles. The van der Waals surface area contributed by atoms with Crippen molar-refractivity contribution in [1.29, 1.82) is 0 Å². The normalized spacial score (nSPS) is 12.4. The van der Waals surface area contributed by atoms with Crippen molar-refractivity contribution in [2.24, 2.45) is 0 Å². The Balaban J connectivity index is 1.56. The van der Waals surface area contributed by atoms with Crippen LogP contribution < -0.4 is 20.4 Å². The molecule has 0 unspecified atom stereocenters. The van der Waals surface area contributed by atoms with Gasteiger partial charge in [-0.2, -0.15) is 0 Å². The smallest absolute Gasteiger partial charge is 0.349 e. The third kappa shape index (κ3) is 2.82. The number of amides is 1. The van der Waals surface area contributed by atoms with Gasteiger partial charge in [-0.25, -0.2) is 4.79 Å². The molecule has 4 rings (SSSR count). The molecule has 3 aromatic rings. The highest BCUT2D eigenvalue weighted by Gasteiger charge is 2.16. The van der Waals surface area contributed by atoms with E-state index in [0.29, 0.717) is 22.5 Å².